The van der Waals surface area contributed by atoms with Gasteiger partial charge >= 0.3 is 0 Å². The van der Waals surface area contributed by atoms with Gasteiger partial charge < -0.3 is 10.2 Å². The summed E-state index contributed by atoms with van der Waals surface area (Å²) >= 11 is 1.30. The Morgan fingerprint density at radius 2 is 2.07 bits per heavy atom. The molecule has 2 aromatic heterocycles. The summed E-state index contributed by atoms with van der Waals surface area (Å²) in [5.41, 5.74) is 1.63. The number of carbonyl (C=O) groups is 1. The number of fused-ring (bicyclic) bond motifs is 1. The first kappa shape index (κ1) is 19.0. The van der Waals surface area contributed by atoms with Crippen LogP contribution in [0.25, 0.3) is 4.96 Å². The molecule has 0 saturated heterocycles. The molecule has 1 amide bonds. The number of aromatic nitrogens is 3. The number of likely N-dealkylation sites (N-methyl/N-ethyl adjacent to an activating group) is 1. The van der Waals surface area contributed by atoms with E-state index in [9.17, 15) is 9.59 Å². The largest absolute Gasteiger partial charge is 0.348 e. The summed E-state index contributed by atoms with van der Waals surface area (Å²) < 4.78 is 1.29. The molecule has 142 valence electrons. The second kappa shape index (κ2) is 8.30. The van der Waals surface area contributed by atoms with E-state index in [0.717, 1.165) is 24.1 Å². The second-order valence-corrected chi connectivity index (χ2v) is 7.41. The Kier molecular flexibility index (Phi) is 5.85. The van der Waals surface area contributed by atoms with E-state index >= 15 is 0 Å². The second-order valence-electron chi connectivity index (χ2n) is 6.47. The Morgan fingerprint density at radius 3 is 2.78 bits per heavy atom. The van der Waals surface area contributed by atoms with E-state index in [4.69, 9.17) is 0 Å². The zero-order chi connectivity index (χ0) is 19.4. The fourth-order valence-electron chi connectivity index (χ4n) is 2.78. The highest BCUT2D eigenvalue weighted by atomic mass is 32.1. The summed E-state index contributed by atoms with van der Waals surface area (Å²) in [6.07, 6.45) is 1.68. The predicted octanol–water partition coefficient (Wildman–Crippen LogP) is 2.42. The molecule has 0 radical (unpaired) electrons. The molecule has 8 heteroatoms. The van der Waals surface area contributed by atoms with Crippen molar-refractivity contribution in [1.29, 1.82) is 0 Å². The van der Waals surface area contributed by atoms with E-state index in [1.807, 2.05) is 44.2 Å². The van der Waals surface area contributed by atoms with Gasteiger partial charge in [-0.25, -0.2) is 4.98 Å². The van der Waals surface area contributed by atoms with Crippen LogP contribution in [0.15, 0.2) is 41.2 Å². The third kappa shape index (κ3) is 4.51. The summed E-state index contributed by atoms with van der Waals surface area (Å²) in [4.78, 5) is 31.3. The number of nitrogens with one attached hydrogen (secondary N) is 1. The normalized spacial score (nSPS) is 12.1. The molecule has 0 fully saturated rings. The number of carbonyl (C=O) groups excluding carboxylic acids is 1. The van der Waals surface area contributed by atoms with Crippen molar-refractivity contribution in [2.45, 2.75) is 32.7 Å². The maximum atomic E-state index is 12.4. The summed E-state index contributed by atoms with van der Waals surface area (Å²) in [7, 11) is 1.78. The molecule has 27 heavy (non-hydrogen) atoms. The van der Waals surface area contributed by atoms with Crippen LogP contribution >= 0.6 is 11.3 Å². The predicted molar refractivity (Wildman–Crippen MR) is 107 cm³/mol. The van der Waals surface area contributed by atoms with Crippen molar-refractivity contribution in [3.63, 3.8) is 0 Å². The summed E-state index contributed by atoms with van der Waals surface area (Å²) in [6.45, 7) is 4.14. The van der Waals surface area contributed by atoms with Gasteiger partial charge in [0.1, 0.15) is 0 Å². The highest BCUT2D eigenvalue weighted by Crippen LogP contribution is 2.20. The van der Waals surface area contributed by atoms with Crippen LogP contribution in [0.2, 0.25) is 0 Å². The van der Waals surface area contributed by atoms with E-state index in [-0.39, 0.29) is 24.1 Å². The van der Waals surface area contributed by atoms with Crippen LogP contribution in [0.5, 0.6) is 0 Å². The number of amides is 1. The van der Waals surface area contributed by atoms with Gasteiger partial charge in [-0.2, -0.15) is 4.52 Å². The molecule has 3 rings (SSSR count). The van der Waals surface area contributed by atoms with E-state index in [2.05, 4.69) is 15.4 Å². The molecule has 2 heterocycles. The first-order valence-corrected chi connectivity index (χ1v) is 9.75. The van der Waals surface area contributed by atoms with Gasteiger partial charge in [-0.1, -0.05) is 55.0 Å². The quantitative estimate of drug-likeness (QED) is 0.676. The molecule has 0 bridgehead atoms. The number of anilines is 1. The SMILES string of the molecule is CCCc1cc(=O)n2nc(N(C)CC(=O)N[C@H](C)c3ccccc3)sc2n1. The lowest BCUT2D eigenvalue weighted by molar-refractivity contribution is -0.120. The molecule has 0 aliphatic heterocycles. The molecule has 0 unspecified atom stereocenters. The number of nitrogens with zero attached hydrogens (tertiary/aromatic N) is 4. The van der Waals surface area contributed by atoms with Crippen LogP contribution in [-0.4, -0.2) is 34.1 Å². The minimum absolute atomic E-state index is 0.0802. The number of benzene rings is 1. The lowest BCUT2D eigenvalue weighted by atomic mass is 10.1. The zero-order valence-electron chi connectivity index (χ0n) is 15.7. The van der Waals surface area contributed by atoms with Crippen molar-refractivity contribution >= 4 is 27.3 Å². The van der Waals surface area contributed by atoms with Crippen LogP contribution in [0.1, 0.15) is 37.6 Å². The van der Waals surface area contributed by atoms with Crippen LogP contribution in [0, 0.1) is 0 Å². The number of rotatable bonds is 7. The zero-order valence-corrected chi connectivity index (χ0v) is 16.5. The minimum Gasteiger partial charge on any atom is -0.348 e. The number of hydrogen-bond acceptors (Lipinski definition) is 6. The molecule has 1 aromatic carbocycles. The van der Waals surface area contributed by atoms with Gasteiger partial charge in [0.15, 0.2) is 0 Å². The Hall–Kier alpha value is -2.74. The number of hydrogen-bond donors (Lipinski definition) is 1. The average molecular weight is 385 g/mol. The third-order valence-corrected chi connectivity index (χ3v) is 5.20. The van der Waals surface area contributed by atoms with Gasteiger partial charge in [-0.05, 0) is 18.9 Å². The molecular weight excluding hydrogens is 362 g/mol. The van der Waals surface area contributed by atoms with Gasteiger partial charge in [0.2, 0.25) is 16.0 Å². The van der Waals surface area contributed by atoms with Gasteiger partial charge in [-0.15, -0.1) is 5.10 Å². The summed E-state index contributed by atoms with van der Waals surface area (Å²) in [5, 5.41) is 7.87. The molecule has 0 aliphatic rings. The molecule has 1 atom stereocenters. The third-order valence-electron chi connectivity index (χ3n) is 4.18. The Balaban J connectivity index is 1.70. The van der Waals surface area contributed by atoms with Crippen molar-refractivity contribution in [2.75, 3.05) is 18.5 Å². The highest BCUT2D eigenvalue weighted by molar-refractivity contribution is 7.20. The summed E-state index contributed by atoms with van der Waals surface area (Å²) in [6, 6.07) is 11.2. The maximum absolute atomic E-state index is 12.4. The Bertz CT molecular complexity index is 983. The lowest BCUT2D eigenvalue weighted by Gasteiger charge is -2.18. The van der Waals surface area contributed by atoms with Crippen LogP contribution < -0.4 is 15.8 Å². The molecule has 3 aromatic rings. The van der Waals surface area contributed by atoms with Crippen LogP contribution in [0.4, 0.5) is 5.13 Å². The monoisotopic (exact) mass is 385 g/mol. The Labute approximate surface area is 161 Å². The molecular formula is C19H23N5O2S. The van der Waals surface area contributed by atoms with E-state index in [0.29, 0.717) is 10.1 Å². The van der Waals surface area contributed by atoms with Crippen LogP contribution in [0.3, 0.4) is 0 Å². The Morgan fingerprint density at radius 1 is 1.33 bits per heavy atom. The fraction of sp³-hybridized carbons (Fsp3) is 0.368. The minimum atomic E-state index is -0.193. The summed E-state index contributed by atoms with van der Waals surface area (Å²) in [5.74, 6) is -0.111. The van der Waals surface area contributed by atoms with Gasteiger partial charge in [0.25, 0.3) is 5.56 Å². The van der Waals surface area contributed by atoms with E-state index in [1.54, 1.807) is 11.9 Å². The van der Waals surface area contributed by atoms with Gasteiger partial charge in [0.05, 0.1) is 12.6 Å². The van der Waals surface area contributed by atoms with Crippen molar-refractivity contribution in [2.24, 2.45) is 0 Å². The topological polar surface area (TPSA) is 79.6 Å². The molecule has 0 spiro atoms. The number of aryl methyl sites for hydroxylation is 1. The lowest BCUT2D eigenvalue weighted by Crippen LogP contribution is -2.36. The maximum Gasteiger partial charge on any atom is 0.275 e. The van der Waals surface area contributed by atoms with Crippen LogP contribution in [-0.2, 0) is 11.2 Å². The molecule has 7 nitrogen and oxygen atoms in total. The highest BCUT2D eigenvalue weighted by Gasteiger charge is 2.16. The van der Waals surface area contributed by atoms with Crippen molar-refractivity contribution in [3.05, 3.63) is 58.0 Å². The van der Waals surface area contributed by atoms with Gasteiger partial charge in [0, 0.05) is 18.8 Å². The average Bonchev–Trinajstić information content (AvgIpc) is 3.07. The van der Waals surface area contributed by atoms with Crippen molar-refractivity contribution < 1.29 is 4.79 Å². The smallest absolute Gasteiger partial charge is 0.275 e. The molecule has 0 aliphatic carbocycles. The van der Waals surface area contributed by atoms with Gasteiger partial charge in [-0.3, -0.25) is 9.59 Å². The first-order valence-electron chi connectivity index (χ1n) is 8.93. The van der Waals surface area contributed by atoms with Crippen molar-refractivity contribution in [3.8, 4) is 0 Å². The molecule has 1 N–H and O–H groups in total. The molecule has 0 saturated carbocycles. The first-order chi connectivity index (χ1) is 13.0. The van der Waals surface area contributed by atoms with Crippen molar-refractivity contribution in [1.82, 2.24) is 19.9 Å². The fourth-order valence-corrected chi connectivity index (χ4v) is 3.67. The van der Waals surface area contributed by atoms with E-state index < -0.39 is 0 Å². The standard InChI is InChI=1S/C19H23N5O2S/c1-4-8-15-11-17(26)24-18(21-15)27-19(22-24)23(3)12-16(25)20-13(2)14-9-6-5-7-10-14/h5-7,9-11,13H,4,8,12H2,1-3H3,(H,20,25)/t13-/m1/s1. The van der Waals surface area contributed by atoms with E-state index in [1.165, 1.54) is 21.9 Å².